The van der Waals surface area contributed by atoms with Crippen LogP contribution in [0.5, 0.6) is 0 Å². The fraction of sp³-hybridized carbons (Fsp3) is 0.455. The van der Waals surface area contributed by atoms with Crippen LogP contribution in [0.3, 0.4) is 0 Å². The largest absolute Gasteiger partial charge is 0.416 e. The molecule has 0 spiro atoms. The first-order valence-electron chi connectivity index (χ1n) is 4.65. The van der Waals surface area contributed by atoms with Gasteiger partial charge in [0.1, 0.15) is 0 Å². The molecule has 3 heteroatoms. The third kappa shape index (κ3) is 1.76. The average Bonchev–Trinajstić information content (AvgIpc) is 2.81. The molecular formula is C11H11F3. The average molecular weight is 200 g/mol. The zero-order valence-electron chi connectivity index (χ0n) is 7.81. The van der Waals surface area contributed by atoms with E-state index in [0.29, 0.717) is 11.8 Å². The molecule has 0 saturated heterocycles. The molecule has 1 aromatic carbocycles. The summed E-state index contributed by atoms with van der Waals surface area (Å²) in [5.41, 5.74) is 0.472. The minimum absolute atomic E-state index is 0.484. The Morgan fingerprint density at radius 2 is 1.64 bits per heavy atom. The SMILES string of the molecule is C[C@H]1C[C@@H]1c1ccc(C(F)(F)F)cc1. The summed E-state index contributed by atoms with van der Waals surface area (Å²) in [6.45, 7) is 2.11. The van der Waals surface area contributed by atoms with E-state index in [9.17, 15) is 13.2 Å². The minimum Gasteiger partial charge on any atom is -0.166 e. The van der Waals surface area contributed by atoms with E-state index in [4.69, 9.17) is 0 Å². The van der Waals surface area contributed by atoms with Gasteiger partial charge in [0, 0.05) is 0 Å². The predicted molar refractivity (Wildman–Crippen MR) is 48.0 cm³/mol. The summed E-state index contributed by atoms with van der Waals surface area (Å²) in [5.74, 6) is 1.11. The molecule has 2 rings (SSSR count). The van der Waals surface area contributed by atoms with Gasteiger partial charge in [-0.15, -0.1) is 0 Å². The molecule has 1 aliphatic rings. The molecule has 0 unspecified atom stereocenters. The highest BCUT2D eigenvalue weighted by atomic mass is 19.4. The molecule has 1 fully saturated rings. The van der Waals surface area contributed by atoms with E-state index in [1.54, 1.807) is 12.1 Å². The molecule has 2 atom stereocenters. The van der Waals surface area contributed by atoms with Gasteiger partial charge < -0.3 is 0 Å². The number of hydrogen-bond donors (Lipinski definition) is 0. The minimum atomic E-state index is -4.21. The maximum atomic E-state index is 12.2. The van der Waals surface area contributed by atoms with Gasteiger partial charge in [-0.25, -0.2) is 0 Å². The van der Waals surface area contributed by atoms with Gasteiger partial charge in [0.05, 0.1) is 5.56 Å². The second-order valence-electron chi connectivity index (χ2n) is 3.94. The first kappa shape index (κ1) is 9.56. The molecule has 0 bridgehead atoms. The molecule has 1 aliphatic carbocycles. The summed E-state index contributed by atoms with van der Waals surface area (Å²) < 4.78 is 36.6. The van der Waals surface area contributed by atoms with Crippen LogP contribution in [0.15, 0.2) is 24.3 Å². The third-order valence-corrected chi connectivity index (χ3v) is 2.78. The van der Waals surface area contributed by atoms with Crippen molar-refractivity contribution in [2.75, 3.05) is 0 Å². The van der Waals surface area contributed by atoms with Gasteiger partial charge in [-0.3, -0.25) is 0 Å². The van der Waals surface area contributed by atoms with E-state index in [2.05, 4.69) is 6.92 Å². The number of benzene rings is 1. The maximum Gasteiger partial charge on any atom is 0.416 e. The summed E-state index contributed by atoms with van der Waals surface area (Å²) >= 11 is 0. The van der Waals surface area contributed by atoms with Gasteiger partial charge in [0.25, 0.3) is 0 Å². The zero-order valence-corrected chi connectivity index (χ0v) is 7.81. The molecule has 1 aromatic rings. The maximum absolute atomic E-state index is 12.2. The molecule has 0 nitrogen and oxygen atoms in total. The molecule has 0 amide bonds. The van der Waals surface area contributed by atoms with Crippen LogP contribution in [-0.2, 0) is 6.18 Å². The number of alkyl halides is 3. The predicted octanol–water partition coefficient (Wildman–Crippen LogP) is 3.83. The number of halogens is 3. The highest BCUT2D eigenvalue weighted by Crippen LogP contribution is 2.47. The van der Waals surface area contributed by atoms with Crippen molar-refractivity contribution >= 4 is 0 Å². The van der Waals surface area contributed by atoms with E-state index < -0.39 is 11.7 Å². The third-order valence-electron chi connectivity index (χ3n) is 2.78. The summed E-state index contributed by atoms with van der Waals surface area (Å²) in [4.78, 5) is 0. The second-order valence-corrected chi connectivity index (χ2v) is 3.94. The van der Waals surface area contributed by atoms with E-state index in [1.165, 1.54) is 12.1 Å². The fourth-order valence-electron chi connectivity index (χ4n) is 1.71. The fourth-order valence-corrected chi connectivity index (χ4v) is 1.71. The van der Waals surface area contributed by atoms with Crippen LogP contribution < -0.4 is 0 Å². The van der Waals surface area contributed by atoms with Gasteiger partial charge in [-0.2, -0.15) is 13.2 Å². The lowest BCUT2D eigenvalue weighted by Gasteiger charge is -2.06. The Morgan fingerprint density at radius 1 is 1.14 bits per heavy atom. The van der Waals surface area contributed by atoms with Gasteiger partial charge in [0.2, 0.25) is 0 Å². The monoisotopic (exact) mass is 200 g/mol. The molecule has 0 radical (unpaired) electrons. The van der Waals surface area contributed by atoms with Crippen LogP contribution in [0.1, 0.15) is 30.4 Å². The topological polar surface area (TPSA) is 0 Å². The summed E-state index contributed by atoms with van der Waals surface area (Å²) in [6, 6.07) is 5.52. The van der Waals surface area contributed by atoms with Crippen molar-refractivity contribution in [2.24, 2.45) is 5.92 Å². The second kappa shape index (κ2) is 3.01. The summed E-state index contributed by atoms with van der Waals surface area (Å²) in [6.07, 6.45) is -3.11. The lowest BCUT2D eigenvalue weighted by Crippen LogP contribution is -2.04. The molecule has 1 saturated carbocycles. The Balaban J connectivity index is 2.18. The molecular weight excluding hydrogens is 189 g/mol. The van der Waals surface area contributed by atoms with Gasteiger partial charge in [0.15, 0.2) is 0 Å². The van der Waals surface area contributed by atoms with Crippen molar-refractivity contribution in [1.82, 2.24) is 0 Å². The van der Waals surface area contributed by atoms with Crippen LogP contribution >= 0.6 is 0 Å². The summed E-state index contributed by atoms with van der Waals surface area (Å²) in [5, 5.41) is 0. The van der Waals surface area contributed by atoms with Gasteiger partial charge >= 0.3 is 6.18 Å². The van der Waals surface area contributed by atoms with E-state index >= 15 is 0 Å². The van der Waals surface area contributed by atoms with Crippen LogP contribution in [0.25, 0.3) is 0 Å². The first-order valence-corrected chi connectivity index (χ1v) is 4.65. The highest BCUT2D eigenvalue weighted by molar-refractivity contribution is 5.30. The number of hydrogen-bond acceptors (Lipinski definition) is 0. The van der Waals surface area contributed by atoms with Crippen molar-refractivity contribution in [3.05, 3.63) is 35.4 Å². The Hall–Kier alpha value is -0.990. The molecule has 0 heterocycles. The van der Waals surface area contributed by atoms with Crippen LogP contribution in [0.2, 0.25) is 0 Å². The summed E-state index contributed by atoms with van der Waals surface area (Å²) in [7, 11) is 0. The Bertz CT molecular complexity index is 323. The van der Waals surface area contributed by atoms with Crippen molar-refractivity contribution < 1.29 is 13.2 Å². The zero-order chi connectivity index (χ0) is 10.3. The van der Waals surface area contributed by atoms with Crippen molar-refractivity contribution in [2.45, 2.75) is 25.4 Å². The van der Waals surface area contributed by atoms with Gasteiger partial charge in [-0.1, -0.05) is 19.1 Å². The van der Waals surface area contributed by atoms with E-state index in [1.807, 2.05) is 0 Å². The van der Waals surface area contributed by atoms with E-state index in [-0.39, 0.29) is 0 Å². The van der Waals surface area contributed by atoms with Crippen molar-refractivity contribution in [3.8, 4) is 0 Å². The van der Waals surface area contributed by atoms with Crippen molar-refractivity contribution in [3.63, 3.8) is 0 Å². The lowest BCUT2D eigenvalue weighted by molar-refractivity contribution is -0.137. The van der Waals surface area contributed by atoms with Crippen LogP contribution in [0.4, 0.5) is 13.2 Å². The van der Waals surface area contributed by atoms with Crippen LogP contribution in [0, 0.1) is 5.92 Å². The Morgan fingerprint density at radius 3 is 2.00 bits per heavy atom. The molecule has 76 valence electrons. The smallest absolute Gasteiger partial charge is 0.166 e. The Labute approximate surface area is 80.7 Å². The molecule has 0 aliphatic heterocycles. The lowest BCUT2D eigenvalue weighted by atomic mass is 10.1. The number of rotatable bonds is 1. The molecule has 0 N–H and O–H groups in total. The molecule has 14 heavy (non-hydrogen) atoms. The van der Waals surface area contributed by atoms with Crippen LogP contribution in [-0.4, -0.2) is 0 Å². The van der Waals surface area contributed by atoms with Gasteiger partial charge in [-0.05, 0) is 36.0 Å². The Kier molecular flexibility index (Phi) is 2.05. The quantitative estimate of drug-likeness (QED) is 0.646. The normalized spacial score (nSPS) is 26.3. The van der Waals surface area contributed by atoms with E-state index in [0.717, 1.165) is 12.0 Å². The standard InChI is InChI=1S/C11H11F3/c1-7-6-10(7)8-2-4-9(5-3-8)11(12,13)14/h2-5,7,10H,6H2,1H3/t7-,10-/m0/s1. The molecule has 0 aromatic heterocycles. The highest BCUT2D eigenvalue weighted by Gasteiger charge is 2.35. The van der Waals surface area contributed by atoms with Crippen molar-refractivity contribution in [1.29, 1.82) is 0 Å². The first-order chi connectivity index (χ1) is 6.48.